The van der Waals surface area contributed by atoms with Crippen molar-refractivity contribution in [3.05, 3.63) is 23.5 Å². The molecule has 0 aromatic rings. The van der Waals surface area contributed by atoms with Gasteiger partial charge in [-0.25, -0.2) is 4.79 Å². The first-order valence-electron chi connectivity index (χ1n) is 5.56. The lowest BCUT2D eigenvalue weighted by Gasteiger charge is -2.18. The predicted molar refractivity (Wildman–Crippen MR) is 59.5 cm³/mol. The van der Waals surface area contributed by atoms with Gasteiger partial charge >= 0.3 is 5.97 Å². The number of allylic oxidation sites excluding steroid dienone is 2. The second kappa shape index (κ2) is 4.70. The van der Waals surface area contributed by atoms with E-state index in [4.69, 9.17) is 9.47 Å². The van der Waals surface area contributed by atoms with E-state index in [2.05, 4.69) is 11.8 Å². The fourth-order valence-corrected chi connectivity index (χ4v) is 1.61. The van der Waals surface area contributed by atoms with Crippen molar-refractivity contribution in [1.82, 2.24) is 4.90 Å². The Balaban J connectivity index is 2.02. The maximum atomic E-state index is 11.6. The molecule has 4 nitrogen and oxygen atoms in total. The Morgan fingerprint density at radius 3 is 2.94 bits per heavy atom. The Morgan fingerprint density at radius 2 is 2.31 bits per heavy atom. The SMILES string of the molecule is COC(=O)C1=CC(C)CC=C1OCN1CC1. The Labute approximate surface area is 95.5 Å². The highest BCUT2D eigenvalue weighted by molar-refractivity contribution is 5.92. The number of ether oxygens (including phenoxy) is 2. The summed E-state index contributed by atoms with van der Waals surface area (Å²) in [7, 11) is 1.39. The minimum Gasteiger partial charge on any atom is -0.478 e. The van der Waals surface area contributed by atoms with E-state index in [1.165, 1.54) is 7.11 Å². The molecule has 1 unspecified atom stereocenters. The molecule has 1 saturated heterocycles. The van der Waals surface area contributed by atoms with E-state index in [1.54, 1.807) is 0 Å². The monoisotopic (exact) mass is 223 g/mol. The molecule has 1 aliphatic carbocycles. The van der Waals surface area contributed by atoms with E-state index in [0.717, 1.165) is 19.5 Å². The number of rotatable bonds is 4. The normalized spacial score (nSPS) is 24.5. The molecule has 0 amide bonds. The van der Waals surface area contributed by atoms with Gasteiger partial charge in [-0.2, -0.15) is 0 Å². The second-order valence-corrected chi connectivity index (χ2v) is 4.24. The van der Waals surface area contributed by atoms with Gasteiger partial charge in [-0.05, 0) is 18.4 Å². The summed E-state index contributed by atoms with van der Waals surface area (Å²) >= 11 is 0. The zero-order valence-corrected chi connectivity index (χ0v) is 9.73. The van der Waals surface area contributed by atoms with E-state index in [1.807, 2.05) is 12.2 Å². The Morgan fingerprint density at radius 1 is 1.56 bits per heavy atom. The topological polar surface area (TPSA) is 38.5 Å². The van der Waals surface area contributed by atoms with Crippen LogP contribution in [-0.2, 0) is 14.3 Å². The molecule has 2 rings (SSSR count). The van der Waals surface area contributed by atoms with Crippen LogP contribution in [0.15, 0.2) is 23.5 Å². The molecule has 16 heavy (non-hydrogen) atoms. The van der Waals surface area contributed by atoms with Gasteiger partial charge in [0.05, 0.1) is 12.7 Å². The van der Waals surface area contributed by atoms with Gasteiger partial charge in [0.25, 0.3) is 0 Å². The van der Waals surface area contributed by atoms with Crippen LogP contribution < -0.4 is 0 Å². The molecule has 1 fully saturated rings. The number of methoxy groups -OCH3 is 1. The standard InChI is InChI=1S/C12H17NO3/c1-9-3-4-11(16-8-13-5-6-13)10(7-9)12(14)15-2/h4,7,9H,3,5-6,8H2,1-2H3. The van der Waals surface area contributed by atoms with Crippen LogP contribution in [0.1, 0.15) is 13.3 Å². The van der Waals surface area contributed by atoms with Crippen LogP contribution in [0.25, 0.3) is 0 Å². The van der Waals surface area contributed by atoms with Crippen molar-refractivity contribution in [3.63, 3.8) is 0 Å². The van der Waals surface area contributed by atoms with Crippen molar-refractivity contribution in [1.29, 1.82) is 0 Å². The number of nitrogens with zero attached hydrogens (tertiary/aromatic N) is 1. The molecule has 0 radical (unpaired) electrons. The van der Waals surface area contributed by atoms with Crippen molar-refractivity contribution in [2.45, 2.75) is 13.3 Å². The molecule has 1 heterocycles. The largest absolute Gasteiger partial charge is 0.478 e. The smallest absolute Gasteiger partial charge is 0.341 e. The van der Waals surface area contributed by atoms with Gasteiger partial charge in [0.2, 0.25) is 0 Å². The van der Waals surface area contributed by atoms with Gasteiger partial charge < -0.3 is 9.47 Å². The fourth-order valence-electron chi connectivity index (χ4n) is 1.61. The van der Waals surface area contributed by atoms with Crippen LogP contribution >= 0.6 is 0 Å². The molecule has 0 N–H and O–H groups in total. The van der Waals surface area contributed by atoms with Gasteiger partial charge in [0, 0.05) is 13.1 Å². The average Bonchev–Trinajstić information content (AvgIpc) is 3.10. The third kappa shape index (κ3) is 2.64. The van der Waals surface area contributed by atoms with E-state index in [9.17, 15) is 4.79 Å². The Bertz CT molecular complexity index is 342. The first-order chi connectivity index (χ1) is 7.70. The zero-order chi connectivity index (χ0) is 11.5. The van der Waals surface area contributed by atoms with Gasteiger partial charge in [0.15, 0.2) is 0 Å². The van der Waals surface area contributed by atoms with Gasteiger partial charge in [-0.1, -0.05) is 13.0 Å². The summed E-state index contributed by atoms with van der Waals surface area (Å²) in [6, 6.07) is 0. The van der Waals surface area contributed by atoms with E-state index in [0.29, 0.717) is 24.0 Å². The second-order valence-electron chi connectivity index (χ2n) is 4.24. The third-order valence-electron chi connectivity index (χ3n) is 2.74. The lowest BCUT2D eigenvalue weighted by molar-refractivity contribution is -0.136. The lowest BCUT2D eigenvalue weighted by atomic mass is 9.96. The zero-order valence-electron chi connectivity index (χ0n) is 9.73. The first kappa shape index (κ1) is 11.2. The molecule has 0 bridgehead atoms. The summed E-state index contributed by atoms with van der Waals surface area (Å²) in [4.78, 5) is 13.7. The fraction of sp³-hybridized carbons (Fsp3) is 0.583. The van der Waals surface area contributed by atoms with Crippen molar-refractivity contribution in [2.75, 3.05) is 26.9 Å². The van der Waals surface area contributed by atoms with Crippen LogP contribution in [0, 0.1) is 5.92 Å². The summed E-state index contributed by atoms with van der Waals surface area (Å²) in [5, 5.41) is 0. The predicted octanol–water partition coefficient (Wildman–Crippen LogP) is 1.30. The summed E-state index contributed by atoms with van der Waals surface area (Å²) in [5.41, 5.74) is 0.558. The lowest BCUT2D eigenvalue weighted by Crippen LogP contribution is -2.16. The van der Waals surface area contributed by atoms with Crippen molar-refractivity contribution in [3.8, 4) is 0 Å². The molecule has 1 atom stereocenters. The summed E-state index contributed by atoms with van der Waals surface area (Å²) < 4.78 is 10.4. The highest BCUT2D eigenvalue weighted by atomic mass is 16.5. The molecule has 1 aliphatic heterocycles. The van der Waals surface area contributed by atoms with E-state index >= 15 is 0 Å². The average molecular weight is 223 g/mol. The number of carbonyl (C=O) groups excluding carboxylic acids is 1. The Kier molecular flexibility index (Phi) is 3.29. The molecule has 0 aromatic heterocycles. The van der Waals surface area contributed by atoms with Gasteiger partial charge in [-0.15, -0.1) is 0 Å². The summed E-state index contributed by atoms with van der Waals surface area (Å²) in [6.45, 7) is 4.80. The first-order valence-corrected chi connectivity index (χ1v) is 5.56. The molecule has 88 valence electrons. The third-order valence-corrected chi connectivity index (χ3v) is 2.74. The molecular formula is C12H17NO3. The molecule has 4 heteroatoms. The van der Waals surface area contributed by atoms with Crippen LogP contribution in [0.2, 0.25) is 0 Å². The maximum absolute atomic E-state index is 11.6. The number of esters is 1. The molecule has 0 spiro atoms. The molecular weight excluding hydrogens is 206 g/mol. The quantitative estimate of drug-likeness (QED) is 0.532. The highest BCUT2D eigenvalue weighted by Gasteiger charge is 2.24. The molecule has 0 saturated carbocycles. The van der Waals surface area contributed by atoms with E-state index in [-0.39, 0.29) is 5.97 Å². The number of hydrogen-bond donors (Lipinski definition) is 0. The Hall–Kier alpha value is -1.29. The highest BCUT2D eigenvalue weighted by Crippen LogP contribution is 2.25. The maximum Gasteiger partial charge on any atom is 0.341 e. The summed E-state index contributed by atoms with van der Waals surface area (Å²) in [5.74, 6) is 0.711. The molecule has 2 aliphatic rings. The van der Waals surface area contributed by atoms with Crippen LogP contribution in [0.3, 0.4) is 0 Å². The minimum atomic E-state index is -0.316. The van der Waals surface area contributed by atoms with E-state index < -0.39 is 0 Å². The minimum absolute atomic E-state index is 0.316. The molecule has 0 aromatic carbocycles. The number of carbonyl (C=O) groups is 1. The van der Waals surface area contributed by atoms with Gasteiger partial charge in [-0.3, -0.25) is 4.90 Å². The van der Waals surface area contributed by atoms with Crippen molar-refractivity contribution >= 4 is 5.97 Å². The summed E-state index contributed by atoms with van der Waals surface area (Å²) in [6.07, 6.45) is 4.81. The van der Waals surface area contributed by atoms with Crippen molar-refractivity contribution in [2.24, 2.45) is 5.92 Å². The van der Waals surface area contributed by atoms with Crippen molar-refractivity contribution < 1.29 is 14.3 Å². The number of hydrogen-bond acceptors (Lipinski definition) is 4. The van der Waals surface area contributed by atoms with Crippen LogP contribution in [0.5, 0.6) is 0 Å². The van der Waals surface area contributed by atoms with Crippen LogP contribution in [0.4, 0.5) is 0 Å². The van der Waals surface area contributed by atoms with Crippen LogP contribution in [-0.4, -0.2) is 37.8 Å². The van der Waals surface area contributed by atoms with Gasteiger partial charge in [0.1, 0.15) is 12.5 Å².